The van der Waals surface area contributed by atoms with E-state index < -0.39 is 0 Å². The zero-order chi connectivity index (χ0) is 15.4. The number of rotatable bonds is 5. The fraction of sp³-hybridized carbons (Fsp3) is 0.333. The van der Waals surface area contributed by atoms with E-state index in [4.69, 9.17) is 11.6 Å². The number of halogens is 1. The molecule has 6 heteroatoms. The maximum absolute atomic E-state index is 12.0. The van der Waals surface area contributed by atoms with E-state index in [9.17, 15) is 4.79 Å². The Morgan fingerprint density at radius 3 is 2.81 bits per heavy atom. The molecule has 112 valence electrons. The van der Waals surface area contributed by atoms with E-state index in [1.807, 2.05) is 6.20 Å². The van der Waals surface area contributed by atoms with E-state index >= 15 is 0 Å². The molecule has 0 spiro atoms. The largest absolute Gasteiger partial charge is 0.379 e. The molecule has 0 aliphatic rings. The van der Waals surface area contributed by atoms with Crippen LogP contribution in [0.4, 0.5) is 5.69 Å². The van der Waals surface area contributed by atoms with Crippen molar-refractivity contribution in [3.63, 3.8) is 0 Å². The van der Waals surface area contributed by atoms with Gasteiger partial charge in [0.25, 0.3) is 5.91 Å². The summed E-state index contributed by atoms with van der Waals surface area (Å²) >= 11 is 7.86. The molecule has 0 saturated carbocycles. The van der Waals surface area contributed by atoms with Gasteiger partial charge in [-0.25, -0.2) is 4.98 Å². The van der Waals surface area contributed by atoms with Gasteiger partial charge in [0, 0.05) is 30.7 Å². The fourth-order valence-electron chi connectivity index (χ4n) is 1.83. The smallest absolute Gasteiger partial charge is 0.253 e. The lowest BCUT2D eigenvalue weighted by Gasteiger charge is -2.13. The zero-order valence-corrected chi connectivity index (χ0v) is 13.9. The van der Waals surface area contributed by atoms with E-state index in [-0.39, 0.29) is 5.91 Å². The van der Waals surface area contributed by atoms with E-state index in [2.05, 4.69) is 17.2 Å². The van der Waals surface area contributed by atoms with Crippen LogP contribution in [0.3, 0.4) is 0 Å². The first kappa shape index (κ1) is 15.8. The number of benzene rings is 1. The summed E-state index contributed by atoms with van der Waals surface area (Å²) in [6.07, 6.45) is 2.82. The Morgan fingerprint density at radius 2 is 2.19 bits per heavy atom. The maximum Gasteiger partial charge on any atom is 0.253 e. The first-order chi connectivity index (χ1) is 10.0. The van der Waals surface area contributed by atoms with Crippen LogP contribution in [0.25, 0.3) is 0 Å². The second kappa shape index (κ2) is 6.91. The molecule has 0 atom stereocenters. The summed E-state index contributed by atoms with van der Waals surface area (Å²) in [5.41, 5.74) is 1.38. The molecule has 1 aromatic carbocycles. The third-order valence-corrected chi connectivity index (χ3v) is 4.45. The Morgan fingerprint density at radius 1 is 1.43 bits per heavy atom. The van der Waals surface area contributed by atoms with Crippen molar-refractivity contribution >= 4 is 34.5 Å². The topological polar surface area (TPSA) is 45.2 Å². The molecular weight excluding hydrogens is 306 g/mol. The number of carbonyl (C=O) groups is 1. The number of thiazole rings is 1. The standard InChI is InChI=1S/C15H18ClN3OS/c1-4-14-18-9-11(21-14)8-17-13-7-10(5-6-12(13)16)15(20)19(2)3/h5-7,9,17H,4,8H2,1-3H3. The maximum atomic E-state index is 12.0. The number of anilines is 1. The molecule has 21 heavy (non-hydrogen) atoms. The fourth-order valence-corrected chi connectivity index (χ4v) is 2.81. The molecule has 1 aromatic heterocycles. The monoisotopic (exact) mass is 323 g/mol. The van der Waals surface area contributed by atoms with Crippen molar-refractivity contribution in [1.82, 2.24) is 9.88 Å². The Bertz CT molecular complexity index is 640. The van der Waals surface area contributed by atoms with E-state index in [0.717, 1.165) is 22.0 Å². The molecule has 0 unspecified atom stereocenters. The van der Waals surface area contributed by atoms with Crippen molar-refractivity contribution in [2.45, 2.75) is 19.9 Å². The van der Waals surface area contributed by atoms with Gasteiger partial charge in [0.1, 0.15) is 0 Å². The number of aryl methyl sites for hydroxylation is 1. The van der Waals surface area contributed by atoms with Gasteiger partial charge in [0.15, 0.2) is 0 Å². The highest BCUT2D eigenvalue weighted by Gasteiger charge is 2.11. The number of carbonyl (C=O) groups excluding carboxylic acids is 1. The predicted octanol–water partition coefficient (Wildman–Crippen LogP) is 3.67. The van der Waals surface area contributed by atoms with Gasteiger partial charge in [-0.3, -0.25) is 4.79 Å². The summed E-state index contributed by atoms with van der Waals surface area (Å²) in [6, 6.07) is 5.26. The molecule has 4 nitrogen and oxygen atoms in total. The highest BCUT2D eigenvalue weighted by Crippen LogP contribution is 2.25. The quantitative estimate of drug-likeness (QED) is 0.913. The molecule has 0 aliphatic carbocycles. The molecule has 2 rings (SSSR count). The van der Waals surface area contributed by atoms with Crippen molar-refractivity contribution in [3.05, 3.63) is 44.9 Å². The van der Waals surface area contributed by atoms with Gasteiger partial charge < -0.3 is 10.2 Å². The molecular formula is C15H18ClN3OS. The lowest BCUT2D eigenvalue weighted by Crippen LogP contribution is -2.21. The van der Waals surface area contributed by atoms with Gasteiger partial charge in [-0.05, 0) is 24.6 Å². The van der Waals surface area contributed by atoms with Crippen LogP contribution in [0.15, 0.2) is 24.4 Å². The molecule has 0 fully saturated rings. The number of nitrogens with one attached hydrogen (secondary N) is 1. The summed E-state index contributed by atoms with van der Waals surface area (Å²) in [6.45, 7) is 2.74. The van der Waals surface area contributed by atoms with Crippen molar-refractivity contribution in [1.29, 1.82) is 0 Å². The molecule has 0 aliphatic heterocycles. The minimum absolute atomic E-state index is 0.0409. The Balaban J connectivity index is 2.11. The molecule has 0 saturated heterocycles. The van der Waals surface area contributed by atoms with Crippen LogP contribution in [-0.4, -0.2) is 29.9 Å². The van der Waals surface area contributed by atoms with Crippen LogP contribution >= 0.6 is 22.9 Å². The molecule has 0 bridgehead atoms. The molecule has 1 N–H and O–H groups in total. The average Bonchev–Trinajstić information content (AvgIpc) is 2.93. The Hall–Kier alpha value is -1.59. The van der Waals surface area contributed by atoms with Crippen LogP contribution in [0, 0.1) is 0 Å². The van der Waals surface area contributed by atoms with Crippen LogP contribution in [0.1, 0.15) is 27.2 Å². The number of aromatic nitrogens is 1. The van der Waals surface area contributed by atoms with Crippen LogP contribution < -0.4 is 5.32 Å². The predicted molar refractivity (Wildman–Crippen MR) is 88.3 cm³/mol. The van der Waals surface area contributed by atoms with Crippen molar-refractivity contribution in [2.24, 2.45) is 0 Å². The summed E-state index contributed by atoms with van der Waals surface area (Å²) in [5, 5.41) is 4.99. The highest BCUT2D eigenvalue weighted by molar-refractivity contribution is 7.11. The summed E-state index contributed by atoms with van der Waals surface area (Å²) in [5.74, 6) is -0.0409. The Labute approximate surface area is 133 Å². The van der Waals surface area contributed by atoms with Crippen molar-refractivity contribution in [2.75, 3.05) is 19.4 Å². The number of hydrogen-bond acceptors (Lipinski definition) is 4. The van der Waals surface area contributed by atoms with Gasteiger partial charge in [-0.15, -0.1) is 11.3 Å². The Kier molecular flexibility index (Phi) is 5.20. The SMILES string of the molecule is CCc1ncc(CNc2cc(C(=O)N(C)C)ccc2Cl)s1. The zero-order valence-electron chi connectivity index (χ0n) is 12.3. The number of nitrogens with zero attached hydrogens (tertiary/aromatic N) is 2. The molecule has 1 amide bonds. The lowest BCUT2D eigenvalue weighted by molar-refractivity contribution is 0.0827. The lowest BCUT2D eigenvalue weighted by atomic mass is 10.2. The van der Waals surface area contributed by atoms with Crippen LogP contribution in [0.5, 0.6) is 0 Å². The molecule has 2 aromatic rings. The third kappa shape index (κ3) is 3.95. The summed E-state index contributed by atoms with van der Waals surface area (Å²) < 4.78 is 0. The normalized spacial score (nSPS) is 10.5. The van der Waals surface area contributed by atoms with Crippen LogP contribution in [-0.2, 0) is 13.0 Å². The molecule has 0 radical (unpaired) electrons. The first-order valence-electron chi connectivity index (χ1n) is 6.70. The van der Waals surface area contributed by atoms with Gasteiger partial charge in [0.05, 0.1) is 22.3 Å². The van der Waals surface area contributed by atoms with Crippen molar-refractivity contribution in [3.8, 4) is 0 Å². The second-order valence-corrected chi connectivity index (χ2v) is 6.43. The second-order valence-electron chi connectivity index (χ2n) is 4.82. The number of hydrogen-bond donors (Lipinski definition) is 1. The van der Waals surface area contributed by atoms with Gasteiger partial charge >= 0.3 is 0 Å². The summed E-state index contributed by atoms with van der Waals surface area (Å²) in [4.78, 5) is 19.0. The van der Waals surface area contributed by atoms with E-state index in [1.165, 1.54) is 0 Å². The summed E-state index contributed by atoms with van der Waals surface area (Å²) in [7, 11) is 3.46. The van der Waals surface area contributed by atoms with Crippen molar-refractivity contribution < 1.29 is 4.79 Å². The van der Waals surface area contributed by atoms with Crippen LogP contribution in [0.2, 0.25) is 5.02 Å². The van der Waals surface area contributed by atoms with Gasteiger partial charge in [0.2, 0.25) is 0 Å². The van der Waals surface area contributed by atoms with Gasteiger partial charge in [-0.1, -0.05) is 18.5 Å². The van der Waals surface area contributed by atoms with E-state index in [1.54, 1.807) is 48.5 Å². The first-order valence-corrected chi connectivity index (χ1v) is 7.89. The molecule has 1 heterocycles. The third-order valence-electron chi connectivity index (χ3n) is 2.98. The van der Waals surface area contributed by atoms with Gasteiger partial charge in [-0.2, -0.15) is 0 Å². The number of amides is 1. The minimum atomic E-state index is -0.0409. The minimum Gasteiger partial charge on any atom is -0.379 e. The van der Waals surface area contributed by atoms with E-state index in [0.29, 0.717) is 17.1 Å². The average molecular weight is 324 g/mol. The highest BCUT2D eigenvalue weighted by atomic mass is 35.5.